The normalized spacial score (nSPS) is 10.9. The molecule has 28 heavy (non-hydrogen) atoms. The van der Waals surface area contributed by atoms with E-state index in [1.807, 2.05) is 12.1 Å². The van der Waals surface area contributed by atoms with Crippen molar-refractivity contribution in [3.8, 4) is 0 Å². The van der Waals surface area contributed by atoms with Crippen molar-refractivity contribution in [1.82, 2.24) is 4.98 Å². The minimum absolute atomic E-state index is 0.0205. The zero-order valence-corrected chi connectivity index (χ0v) is 15.6. The number of anilines is 2. The van der Waals surface area contributed by atoms with Crippen LogP contribution in [0, 0.1) is 5.82 Å². The molecule has 1 heterocycles. The Kier molecular flexibility index (Phi) is 6.42. The number of fused-ring (bicyclic) bond motifs is 1. The summed E-state index contributed by atoms with van der Waals surface area (Å²) < 4.78 is 13.7. The number of hydrogen-bond acceptors (Lipinski definition) is 3. The number of nitrogens with one attached hydrogen (secondary N) is 2. The number of benzene rings is 2. The fourth-order valence-electron chi connectivity index (χ4n) is 3.15. The van der Waals surface area contributed by atoms with Gasteiger partial charge in [0.15, 0.2) is 5.78 Å². The Morgan fingerprint density at radius 2 is 1.71 bits per heavy atom. The molecular weight excluding hydrogens is 357 g/mol. The van der Waals surface area contributed by atoms with Gasteiger partial charge in [0.05, 0.1) is 22.6 Å². The Bertz CT molecular complexity index is 981. The third-order valence-electron chi connectivity index (χ3n) is 4.70. The average Bonchev–Trinajstić information content (AvgIpc) is 3.12. The number of H-pyrrole nitrogens is 1. The van der Waals surface area contributed by atoms with Gasteiger partial charge in [-0.15, -0.1) is 0 Å². The Balaban J connectivity index is 1.35. The van der Waals surface area contributed by atoms with Crippen LogP contribution in [0.2, 0.25) is 0 Å². The van der Waals surface area contributed by atoms with Crippen molar-refractivity contribution < 1.29 is 14.0 Å². The molecule has 6 heteroatoms. The van der Waals surface area contributed by atoms with E-state index in [2.05, 4.69) is 10.3 Å². The molecule has 0 unspecified atom stereocenters. The molecule has 5 nitrogen and oxygen atoms in total. The summed E-state index contributed by atoms with van der Waals surface area (Å²) in [5.74, 6) is -0.436. The zero-order chi connectivity index (χ0) is 19.9. The van der Waals surface area contributed by atoms with Crippen LogP contribution in [0.25, 0.3) is 10.9 Å². The number of Topliss-reactive ketones (excluding diaryl/α,β-unsaturated/α-hetero) is 1. The Labute approximate surface area is 163 Å². The van der Waals surface area contributed by atoms with E-state index in [1.165, 1.54) is 6.07 Å². The lowest BCUT2D eigenvalue weighted by atomic mass is 10.1. The molecule has 0 aliphatic heterocycles. The number of ketones is 1. The van der Waals surface area contributed by atoms with Gasteiger partial charge < -0.3 is 16.0 Å². The molecule has 0 aliphatic carbocycles. The lowest BCUT2D eigenvalue weighted by Gasteiger charge is -2.07. The summed E-state index contributed by atoms with van der Waals surface area (Å²) in [6.45, 7) is 0. The summed E-state index contributed by atoms with van der Waals surface area (Å²) in [5, 5.41) is 3.51. The standard InChI is InChI=1S/C22H24FN3O2/c23-16-9-7-8-15-14-19(26-22(15)16)20(27)12-3-1-2-4-13-21(28)25-18-11-6-5-10-17(18)24/h5-11,14,26H,1-4,12-13,24H2,(H,25,28). The van der Waals surface area contributed by atoms with Crippen molar-refractivity contribution in [1.29, 1.82) is 0 Å². The quantitative estimate of drug-likeness (QED) is 0.275. The van der Waals surface area contributed by atoms with Crippen LogP contribution in [0.4, 0.5) is 15.8 Å². The van der Waals surface area contributed by atoms with Gasteiger partial charge in [-0.3, -0.25) is 9.59 Å². The number of rotatable bonds is 9. The number of hydrogen-bond donors (Lipinski definition) is 3. The van der Waals surface area contributed by atoms with Crippen LogP contribution < -0.4 is 11.1 Å². The summed E-state index contributed by atoms with van der Waals surface area (Å²) in [7, 11) is 0. The van der Waals surface area contributed by atoms with Gasteiger partial charge in [-0.1, -0.05) is 37.1 Å². The highest BCUT2D eigenvalue weighted by atomic mass is 19.1. The van der Waals surface area contributed by atoms with Crippen LogP contribution in [-0.2, 0) is 4.79 Å². The van der Waals surface area contributed by atoms with E-state index in [4.69, 9.17) is 5.73 Å². The molecule has 2 aromatic carbocycles. The maximum atomic E-state index is 13.7. The molecule has 1 amide bonds. The number of amides is 1. The van der Waals surface area contributed by atoms with Crippen molar-refractivity contribution >= 4 is 34.0 Å². The SMILES string of the molecule is Nc1ccccc1NC(=O)CCCCCCC(=O)c1cc2cccc(F)c2[nH]1. The number of unbranched alkanes of at least 4 members (excludes halogenated alkanes) is 3. The highest BCUT2D eigenvalue weighted by Gasteiger charge is 2.11. The smallest absolute Gasteiger partial charge is 0.224 e. The fourth-order valence-corrected chi connectivity index (χ4v) is 3.15. The van der Waals surface area contributed by atoms with Gasteiger partial charge in [-0.2, -0.15) is 0 Å². The first-order valence-electron chi connectivity index (χ1n) is 9.49. The molecular formula is C22H24FN3O2. The van der Waals surface area contributed by atoms with Crippen molar-refractivity contribution in [3.05, 3.63) is 60.0 Å². The molecule has 146 valence electrons. The number of aromatic amines is 1. The van der Waals surface area contributed by atoms with Crippen LogP contribution >= 0.6 is 0 Å². The number of carbonyl (C=O) groups excluding carboxylic acids is 2. The predicted octanol–water partition coefficient (Wildman–Crippen LogP) is 5.05. The molecule has 0 bridgehead atoms. The lowest BCUT2D eigenvalue weighted by Crippen LogP contribution is -2.12. The molecule has 0 atom stereocenters. The number of halogens is 1. The van der Waals surface area contributed by atoms with Crippen LogP contribution in [0.5, 0.6) is 0 Å². The van der Waals surface area contributed by atoms with E-state index in [0.29, 0.717) is 40.8 Å². The summed E-state index contributed by atoms with van der Waals surface area (Å²) in [5.41, 5.74) is 7.80. The maximum absolute atomic E-state index is 13.7. The highest BCUT2D eigenvalue weighted by Crippen LogP contribution is 2.20. The van der Waals surface area contributed by atoms with Crippen molar-refractivity contribution in [3.63, 3.8) is 0 Å². The lowest BCUT2D eigenvalue weighted by molar-refractivity contribution is -0.116. The Morgan fingerprint density at radius 1 is 0.964 bits per heavy atom. The molecule has 0 saturated heterocycles. The fraction of sp³-hybridized carbons (Fsp3) is 0.273. The van der Waals surface area contributed by atoms with E-state index in [9.17, 15) is 14.0 Å². The number of nitrogen functional groups attached to an aromatic ring is 1. The van der Waals surface area contributed by atoms with Gasteiger partial charge in [0.1, 0.15) is 5.82 Å². The summed E-state index contributed by atoms with van der Waals surface area (Å²) in [6, 6.07) is 13.6. The summed E-state index contributed by atoms with van der Waals surface area (Å²) in [6.07, 6.45) is 4.05. The van der Waals surface area contributed by atoms with Gasteiger partial charge in [0.2, 0.25) is 5.91 Å². The molecule has 0 fully saturated rings. The molecule has 3 rings (SSSR count). The topological polar surface area (TPSA) is 88.0 Å². The van der Waals surface area contributed by atoms with Gasteiger partial charge >= 0.3 is 0 Å². The van der Waals surface area contributed by atoms with E-state index in [0.717, 1.165) is 25.7 Å². The van der Waals surface area contributed by atoms with E-state index < -0.39 is 0 Å². The highest BCUT2D eigenvalue weighted by molar-refractivity contribution is 5.99. The number of carbonyl (C=O) groups is 2. The molecule has 4 N–H and O–H groups in total. The van der Waals surface area contributed by atoms with Gasteiger partial charge in [0, 0.05) is 18.2 Å². The Morgan fingerprint density at radius 3 is 2.46 bits per heavy atom. The predicted molar refractivity (Wildman–Crippen MR) is 110 cm³/mol. The minimum atomic E-state index is -0.355. The first kappa shape index (κ1) is 19.6. The van der Waals surface area contributed by atoms with Gasteiger partial charge in [0.25, 0.3) is 0 Å². The average molecular weight is 381 g/mol. The van der Waals surface area contributed by atoms with Crippen LogP contribution in [0.1, 0.15) is 49.0 Å². The first-order valence-corrected chi connectivity index (χ1v) is 9.49. The van der Waals surface area contributed by atoms with Crippen molar-refractivity contribution in [2.24, 2.45) is 0 Å². The second-order valence-electron chi connectivity index (χ2n) is 6.86. The van der Waals surface area contributed by atoms with Crippen LogP contribution in [0.3, 0.4) is 0 Å². The monoisotopic (exact) mass is 381 g/mol. The Hall–Kier alpha value is -3.15. The largest absolute Gasteiger partial charge is 0.397 e. The molecule has 3 aromatic rings. The molecule has 1 aromatic heterocycles. The van der Waals surface area contributed by atoms with Gasteiger partial charge in [-0.05, 0) is 37.1 Å². The third kappa shape index (κ3) is 4.97. The number of nitrogens with two attached hydrogens (primary N) is 1. The second-order valence-corrected chi connectivity index (χ2v) is 6.86. The number of aromatic nitrogens is 1. The third-order valence-corrected chi connectivity index (χ3v) is 4.70. The van der Waals surface area contributed by atoms with E-state index >= 15 is 0 Å². The second kappa shape index (κ2) is 9.17. The van der Waals surface area contributed by atoms with E-state index in [1.54, 1.807) is 30.3 Å². The first-order chi connectivity index (χ1) is 13.5. The summed E-state index contributed by atoms with van der Waals surface area (Å²) >= 11 is 0. The molecule has 0 aliphatic rings. The van der Waals surface area contributed by atoms with Gasteiger partial charge in [-0.25, -0.2) is 4.39 Å². The van der Waals surface area contributed by atoms with Crippen LogP contribution in [0.15, 0.2) is 48.5 Å². The molecule has 0 spiro atoms. The van der Waals surface area contributed by atoms with Crippen LogP contribution in [-0.4, -0.2) is 16.7 Å². The summed E-state index contributed by atoms with van der Waals surface area (Å²) in [4.78, 5) is 27.1. The molecule has 0 saturated carbocycles. The number of para-hydroxylation sites is 3. The molecule has 0 radical (unpaired) electrons. The zero-order valence-electron chi connectivity index (χ0n) is 15.6. The van der Waals surface area contributed by atoms with Crippen molar-refractivity contribution in [2.45, 2.75) is 38.5 Å². The maximum Gasteiger partial charge on any atom is 0.224 e. The van der Waals surface area contributed by atoms with E-state index in [-0.39, 0.29) is 17.5 Å². The minimum Gasteiger partial charge on any atom is -0.397 e. The van der Waals surface area contributed by atoms with Crippen molar-refractivity contribution in [2.75, 3.05) is 11.1 Å².